The van der Waals surface area contributed by atoms with Crippen LogP contribution in [0.2, 0.25) is 0 Å². The monoisotopic (exact) mass is 579 g/mol. The number of anilines is 1. The normalized spacial score (nSPS) is 34.9. The summed E-state index contributed by atoms with van der Waals surface area (Å²) in [4.78, 5) is 45.1. The quantitative estimate of drug-likeness (QED) is 0.126. The summed E-state index contributed by atoms with van der Waals surface area (Å²) in [6.45, 7) is -0.577. The molecule has 6 heterocycles. The van der Waals surface area contributed by atoms with Gasteiger partial charge in [-0.15, -0.1) is 0 Å². The van der Waals surface area contributed by atoms with E-state index in [2.05, 4.69) is 29.9 Å². The SMILES string of the molecule is Nc1ncnc2c1ncn2[C@@H]1O[C@@H]2C(O)[C@]2(O)[C@H]1OP(=O)(O)OC[C@H]1O[C@@H](n2cnc3c(=O)[nH]cnc32)C[C@@H]1O. The molecule has 2 aliphatic heterocycles. The summed E-state index contributed by atoms with van der Waals surface area (Å²) < 4.78 is 37.7. The van der Waals surface area contributed by atoms with E-state index in [4.69, 9.17) is 24.3 Å². The first-order valence-corrected chi connectivity index (χ1v) is 13.5. The highest BCUT2D eigenvalue weighted by molar-refractivity contribution is 7.47. The number of imidazole rings is 2. The zero-order valence-electron chi connectivity index (χ0n) is 20.2. The number of phosphoric ester groups is 1. The van der Waals surface area contributed by atoms with Gasteiger partial charge in [0, 0.05) is 6.42 Å². The first-order valence-electron chi connectivity index (χ1n) is 12.0. The van der Waals surface area contributed by atoms with Crippen LogP contribution in [-0.2, 0) is 23.1 Å². The minimum Gasteiger partial charge on any atom is -0.390 e. The standard InChI is InChI=1S/C20H22N9O10P/c21-15-10-16(23-3-22-15)29(6-26-10)19-14(20(33)12(31)13(20)38-19)39-40(34,35)36-2-8-7(30)1-9(37-8)28-5-27-11-17(28)24-4-25-18(11)32/h3-9,12-14,19,30-31,33H,1-2H2,(H,34,35)(H2,21,22,23)(H,24,25,32)/t7-,8+,9+,12?,13+,14-,19+,20+/m0/s1. The molecule has 9 atom stereocenters. The summed E-state index contributed by atoms with van der Waals surface area (Å²) in [5, 5.41) is 31.6. The summed E-state index contributed by atoms with van der Waals surface area (Å²) in [7, 11) is -4.95. The molecule has 19 nitrogen and oxygen atoms in total. The van der Waals surface area contributed by atoms with Crippen LogP contribution in [0.3, 0.4) is 0 Å². The maximum atomic E-state index is 13.0. The number of aromatic nitrogens is 8. The van der Waals surface area contributed by atoms with Crippen LogP contribution in [0.1, 0.15) is 18.9 Å². The van der Waals surface area contributed by atoms with Crippen molar-refractivity contribution >= 4 is 36.0 Å². The van der Waals surface area contributed by atoms with Crippen molar-refractivity contribution in [1.82, 2.24) is 39.0 Å². The van der Waals surface area contributed by atoms with E-state index in [1.165, 1.54) is 34.4 Å². The number of fused-ring (bicyclic) bond motifs is 3. The van der Waals surface area contributed by atoms with Gasteiger partial charge in [0.2, 0.25) is 0 Å². The lowest BCUT2D eigenvalue weighted by molar-refractivity contribution is -0.0968. The average Bonchev–Trinajstić information content (AvgIpc) is 3.50. The van der Waals surface area contributed by atoms with E-state index < -0.39 is 68.6 Å². The number of hydrogen-bond acceptors (Lipinski definition) is 15. The van der Waals surface area contributed by atoms with Gasteiger partial charge in [0.1, 0.15) is 42.5 Å². The Morgan fingerprint density at radius 3 is 2.70 bits per heavy atom. The van der Waals surface area contributed by atoms with Gasteiger partial charge in [-0.25, -0.2) is 29.5 Å². The number of rotatable bonds is 7. The molecule has 0 spiro atoms. The highest BCUT2D eigenvalue weighted by atomic mass is 31.2. The van der Waals surface area contributed by atoms with Gasteiger partial charge in [0.05, 0.1) is 31.7 Å². The fraction of sp³-hybridized carbons (Fsp3) is 0.500. The number of aromatic amines is 1. The van der Waals surface area contributed by atoms with E-state index in [-0.39, 0.29) is 34.6 Å². The van der Waals surface area contributed by atoms with Crippen molar-refractivity contribution in [2.45, 2.75) is 55.0 Å². The molecule has 40 heavy (non-hydrogen) atoms. The van der Waals surface area contributed by atoms with Gasteiger partial charge in [-0.1, -0.05) is 0 Å². The number of nitrogens with one attached hydrogen (secondary N) is 1. The van der Waals surface area contributed by atoms with E-state index in [1.54, 1.807) is 0 Å². The molecule has 0 radical (unpaired) electrons. The first-order chi connectivity index (χ1) is 19.1. The van der Waals surface area contributed by atoms with Gasteiger partial charge < -0.3 is 40.4 Å². The van der Waals surface area contributed by atoms with E-state index >= 15 is 0 Å². The zero-order valence-corrected chi connectivity index (χ0v) is 21.1. The van der Waals surface area contributed by atoms with Crippen LogP contribution in [-0.4, -0.2) is 102 Å². The summed E-state index contributed by atoms with van der Waals surface area (Å²) in [6.07, 6.45) is -3.21. The molecule has 7 N–H and O–H groups in total. The van der Waals surface area contributed by atoms with Crippen LogP contribution in [0.25, 0.3) is 22.3 Å². The number of nitrogens with two attached hydrogens (primary N) is 1. The second-order valence-corrected chi connectivity index (χ2v) is 11.0. The Balaban J connectivity index is 1.07. The Morgan fingerprint density at radius 1 is 1.12 bits per heavy atom. The fourth-order valence-corrected chi connectivity index (χ4v) is 6.12. The number of ether oxygens (including phenoxy) is 2. The van der Waals surface area contributed by atoms with Gasteiger partial charge in [0.15, 0.2) is 34.5 Å². The van der Waals surface area contributed by atoms with Crippen molar-refractivity contribution in [3.63, 3.8) is 0 Å². The second-order valence-electron chi connectivity index (χ2n) is 9.64. The van der Waals surface area contributed by atoms with Crippen LogP contribution in [0.15, 0.2) is 30.1 Å². The number of nitrogen functional groups attached to an aromatic ring is 1. The molecule has 1 aliphatic carbocycles. The average molecular weight is 579 g/mol. The van der Waals surface area contributed by atoms with Crippen molar-refractivity contribution < 1.29 is 43.3 Å². The third-order valence-electron chi connectivity index (χ3n) is 7.30. The van der Waals surface area contributed by atoms with Gasteiger partial charge in [0.25, 0.3) is 5.56 Å². The first kappa shape index (κ1) is 25.6. The number of aliphatic hydroxyl groups is 3. The topological polar surface area (TPSA) is 268 Å². The van der Waals surface area contributed by atoms with Gasteiger partial charge in [-0.3, -0.25) is 23.0 Å². The van der Waals surface area contributed by atoms with Crippen molar-refractivity contribution in [3.05, 3.63) is 35.7 Å². The van der Waals surface area contributed by atoms with Crippen LogP contribution in [0.5, 0.6) is 0 Å². The maximum absolute atomic E-state index is 13.0. The van der Waals surface area contributed by atoms with Crippen LogP contribution < -0.4 is 11.3 Å². The van der Waals surface area contributed by atoms with Crippen LogP contribution in [0, 0.1) is 0 Å². The second kappa shape index (κ2) is 8.80. The van der Waals surface area contributed by atoms with Crippen molar-refractivity contribution in [2.24, 2.45) is 0 Å². The number of phosphoric acid groups is 1. The number of H-pyrrole nitrogens is 1. The number of aliphatic hydroxyl groups excluding tert-OH is 2. The molecule has 0 bridgehead atoms. The summed E-state index contributed by atoms with van der Waals surface area (Å²) in [5.41, 5.74) is 4.12. The largest absolute Gasteiger partial charge is 0.472 e. The smallest absolute Gasteiger partial charge is 0.390 e. The lowest BCUT2D eigenvalue weighted by atomic mass is 10.1. The molecule has 2 unspecified atom stereocenters. The Labute approximate surface area is 221 Å². The maximum Gasteiger partial charge on any atom is 0.472 e. The molecule has 0 amide bonds. The molecule has 2 saturated heterocycles. The molecular formula is C20H22N9O10P. The van der Waals surface area contributed by atoms with Crippen LogP contribution in [0.4, 0.5) is 5.82 Å². The van der Waals surface area contributed by atoms with E-state index in [1.807, 2.05) is 0 Å². The van der Waals surface area contributed by atoms with Crippen molar-refractivity contribution in [1.29, 1.82) is 0 Å². The summed E-state index contributed by atoms with van der Waals surface area (Å²) in [6, 6.07) is 0. The Bertz CT molecular complexity index is 1730. The highest BCUT2D eigenvalue weighted by Gasteiger charge is 2.78. The van der Waals surface area contributed by atoms with Crippen LogP contribution >= 0.6 is 7.82 Å². The van der Waals surface area contributed by atoms with Gasteiger partial charge in [-0.2, -0.15) is 0 Å². The minimum atomic E-state index is -4.95. The third kappa shape index (κ3) is 3.79. The Kier molecular flexibility index (Phi) is 5.63. The number of hydrogen-bond donors (Lipinski definition) is 6. The molecular weight excluding hydrogens is 557 g/mol. The molecule has 0 aromatic carbocycles. The van der Waals surface area contributed by atoms with Gasteiger partial charge >= 0.3 is 7.82 Å². The predicted molar refractivity (Wildman–Crippen MR) is 128 cm³/mol. The molecule has 4 aromatic rings. The molecule has 3 fully saturated rings. The molecule has 4 aromatic heterocycles. The lowest BCUT2D eigenvalue weighted by Gasteiger charge is -2.28. The molecule has 1 saturated carbocycles. The predicted octanol–water partition coefficient (Wildman–Crippen LogP) is -2.30. The third-order valence-corrected chi connectivity index (χ3v) is 8.27. The molecule has 7 rings (SSSR count). The molecule has 20 heteroatoms. The fourth-order valence-electron chi connectivity index (χ4n) is 5.16. The minimum absolute atomic E-state index is 0.0510. The van der Waals surface area contributed by atoms with E-state index in [9.17, 15) is 29.6 Å². The van der Waals surface area contributed by atoms with Gasteiger partial charge in [-0.05, 0) is 0 Å². The lowest BCUT2D eigenvalue weighted by Crippen LogP contribution is -2.39. The number of nitrogens with zero attached hydrogens (tertiary/aromatic N) is 7. The summed E-state index contributed by atoms with van der Waals surface area (Å²) >= 11 is 0. The molecule has 212 valence electrons. The van der Waals surface area contributed by atoms with Crippen molar-refractivity contribution in [3.8, 4) is 0 Å². The van der Waals surface area contributed by atoms with E-state index in [0.717, 1.165) is 0 Å². The van der Waals surface area contributed by atoms with E-state index in [0.29, 0.717) is 0 Å². The highest BCUT2D eigenvalue weighted by Crippen LogP contribution is 2.60. The Morgan fingerprint density at radius 2 is 1.88 bits per heavy atom. The summed E-state index contributed by atoms with van der Waals surface area (Å²) in [5.74, 6) is 0.0824. The van der Waals surface area contributed by atoms with Crippen molar-refractivity contribution in [2.75, 3.05) is 12.3 Å². The zero-order chi connectivity index (χ0) is 28.0. The Hall–Kier alpha value is -3.39. The molecule has 3 aliphatic rings.